The lowest BCUT2D eigenvalue weighted by Crippen LogP contribution is -2.31. The van der Waals surface area contributed by atoms with Gasteiger partial charge in [-0.1, -0.05) is 35.9 Å². The largest absolute Gasteiger partial charge is 0.294 e. The maximum Gasteiger partial charge on any atom is 0.259 e. The van der Waals surface area contributed by atoms with Crippen LogP contribution >= 0.6 is 11.6 Å². The molecule has 4 heteroatoms. The molecular weight excluding hydrogens is 284 g/mol. The Kier molecular flexibility index (Phi) is 3.47. The molecule has 3 rings (SSSR count). The second-order valence-corrected chi connectivity index (χ2v) is 5.13. The highest BCUT2D eigenvalue weighted by Gasteiger charge is 2.28. The lowest BCUT2D eigenvalue weighted by atomic mass is 9.96. The van der Waals surface area contributed by atoms with Crippen LogP contribution in [0.5, 0.6) is 0 Å². The summed E-state index contributed by atoms with van der Waals surface area (Å²) in [5.74, 6) is -0.219. The molecular formula is C17H11ClN2O. The van der Waals surface area contributed by atoms with Gasteiger partial charge in [0.05, 0.1) is 6.07 Å². The van der Waals surface area contributed by atoms with Crippen molar-refractivity contribution in [2.45, 2.75) is 6.04 Å². The van der Waals surface area contributed by atoms with Crippen LogP contribution in [0.4, 0.5) is 0 Å². The highest BCUT2D eigenvalue weighted by Crippen LogP contribution is 2.30. The zero-order valence-electron chi connectivity index (χ0n) is 11.0. The van der Waals surface area contributed by atoms with Crippen LogP contribution in [0.25, 0.3) is 6.08 Å². The maximum absolute atomic E-state index is 12.6. The lowest BCUT2D eigenvalue weighted by molar-refractivity contribution is 0.0794. The molecule has 0 spiro atoms. The predicted octanol–water partition coefficient (Wildman–Crippen LogP) is 4.03. The molecule has 1 heterocycles. The normalized spacial score (nSPS) is 16.2. The molecule has 0 aliphatic carbocycles. The minimum absolute atomic E-state index is 0.219. The summed E-state index contributed by atoms with van der Waals surface area (Å²) in [6, 6.07) is 15.8. The van der Waals surface area contributed by atoms with Crippen molar-refractivity contribution in [3.05, 3.63) is 76.4 Å². The second kappa shape index (κ2) is 5.43. The Morgan fingerprint density at radius 1 is 1.14 bits per heavy atom. The number of hydrogen-bond donors (Lipinski definition) is 0. The number of carbonyl (C=O) groups excluding carboxylic acids is 1. The maximum atomic E-state index is 12.6. The van der Waals surface area contributed by atoms with Gasteiger partial charge in [0.2, 0.25) is 0 Å². The zero-order valence-corrected chi connectivity index (χ0v) is 11.8. The van der Waals surface area contributed by atoms with Crippen LogP contribution in [0.15, 0.2) is 54.7 Å². The third-order valence-electron chi connectivity index (χ3n) is 3.43. The number of rotatable bonds is 1. The average molecular weight is 295 g/mol. The van der Waals surface area contributed by atoms with E-state index in [2.05, 4.69) is 6.07 Å². The van der Waals surface area contributed by atoms with Crippen LogP contribution in [0.1, 0.15) is 27.5 Å². The number of halogens is 1. The Hall–Kier alpha value is -2.57. The fourth-order valence-electron chi connectivity index (χ4n) is 2.37. The van der Waals surface area contributed by atoms with E-state index < -0.39 is 6.04 Å². The first-order valence-electron chi connectivity index (χ1n) is 6.45. The van der Waals surface area contributed by atoms with Crippen molar-refractivity contribution in [3.63, 3.8) is 0 Å². The van der Waals surface area contributed by atoms with Gasteiger partial charge < -0.3 is 0 Å². The van der Waals surface area contributed by atoms with Gasteiger partial charge in [0.25, 0.3) is 5.91 Å². The molecule has 1 aliphatic rings. The van der Waals surface area contributed by atoms with Gasteiger partial charge in [-0.05, 0) is 41.5 Å². The third kappa shape index (κ3) is 2.42. The highest BCUT2D eigenvalue weighted by atomic mass is 35.5. The van der Waals surface area contributed by atoms with Gasteiger partial charge >= 0.3 is 0 Å². The zero-order chi connectivity index (χ0) is 14.8. The highest BCUT2D eigenvalue weighted by molar-refractivity contribution is 6.30. The van der Waals surface area contributed by atoms with E-state index in [-0.39, 0.29) is 5.91 Å². The van der Waals surface area contributed by atoms with Crippen LogP contribution in [0.2, 0.25) is 5.02 Å². The quantitative estimate of drug-likeness (QED) is 0.797. The molecule has 3 nitrogen and oxygen atoms in total. The SMILES string of the molecule is N#C[C@@H]1c2ccccc2C=CN1C(=O)c1ccc(Cl)cc1. The van der Waals surface area contributed by atoms with Crippen molar-refractivity contribution in [2.75, 3.05) is 0 Å². The summed E-state index contributed by atoms with van der Waals surface area (Å²) in [6.45, 7) is 0. The van der Waals surface area contributed by atoms with E-state index in [9.17, 15) is 10.1 Å². The molecule has 102 valence electrons. The monoisotopic (exact) mass is 294 g/mol. The van der Waals surface area contributed by atoms with Crippen molar-refractivity contribution in [2.24, 2.45) is 0 Å². The molecule has 0 saturated carbocycles. The van der Waals surface area contributed by atoms with Crippen molar-refractivity contribution < 1.29 is 4.79 Å². The van der Waals surface area contributed by atoms with Crippen molar-refractivity contribution in [1.82, 2.24) is 4.90 Å². The number of nitrogens with zero attached hydrogens (tertiary/aromatic N) is 2. The van der Waals surface area contributed by atoms with Crippen LogP contribution in [-0.2, 0) is 0 Å². The number of benzene rings is 2. The molecule has 0 bridgehead atoms. The fourth-order valence-corrected chi connectivity index (χ4v) is 2.49. The summed E-state index contributed by atoms with van der Waals surface area (Å²) in [4.78, 5) is 14.0. The summed E-state index contributed by atoms with van der Waals surface area (Å²) in [5.41, 5.74) is 2.30. The van der Waals surface area contributed by atoms with Gasteiger partial charge in [0.15, 0.2) is 0 Å². The standard InChI is InChI=1S/C17H11ClN2O/c18-14-7-5-13(6-8-14)17(21)20-10-9-12-3-1-2-4-15(12)16(20)11-19/h1-10,16H/t16-/m1/s1. The van der Waals surface area contributed by atoms with Gasteiger partial charge in [-0.25, -0.2) is 0 Å². The molecule has 1 aliphatic heterocycles. The number of amides is 1. The Morgan fingerprint density at radius 2 is 1.86 bits per heavy atom. The van der Waals surface area contributed by atoms with Crippen LogP contribution in [-0.4, -0.2) is 10.8 Å². The van der Waals surface area contributed by atoms with Crippen molar-refractivity contribution >= 4 is 23.6 Å². The second-order valence-electron chi connectivity index (χ2n) is 4.70. The van der Waals surface area contributed by atoms with Gasteiger partial charge in [-0.15, -0.1) is 0 Å². The molecule has 0 radical (unpaired) electrons. The summed E-state index contributed by atoms with van der Waals surface area (Å²) < 4.78 is 0. The Balaban J connectivity index is 1.98. The first-order valence-corrected chi connectivity index (χ1v) is 6.83. The average Bonchev–Trinajstić information content (AvgIpc) is 2.53. The van der Waals surface area contributed by atoms with Crippen molar-refractivity contribution in [1.29, 1.82) is 5.26 Å². The number of nitriles is 1. The Labute approximate surface area is 127 Å². The molecule has 0 N–H and O–H groups in total. The number of hydrogen-bond acceptors (Lipinski definition) is 2. The summed E-state index contributed by atoms with van der Waals surface area (Å²) in [5, 5.41) is 10.0. The lowest BCUT2D eigenvalue weighted by Gasteiger charge is -2.28. The van der Waals surface area contributed by atoms with Crippen LogP contribution in [0.3, 0.4) is 0 Å². The molecule has 0 saturated heterocycles. The fraction of sp³-hybridized carbons (Fsp3) is 0.0588. The van der Waals surface area contributed by atoms with Crippen LogP contribution < -0.4 is 0 Å². The molecule has 21 heavy (non-hydrogen) atoms. The van der Waals surface area contributed by atoms with E-state index in [0.29, 0.717) is 10.6 Å². The number of carbonyl (C=O) groups is 1. The predicted molar refractivity (Wildman–Crippen MR) is 81.5 cm³/mol. The summed E-state index contributed by atoms with van der Waals surface area (Å²) >= 11 is 5.83. The van der Waals surface area contributed by atoms with E-state index in [0.717, 1.165) is 11.1 Å². The van der Waals surface area contributed by atoms with Gasteiger partial charge in [0, 0.05) is 16.8 Å². The van der Waals surface area contributed by atoms with E-state index in [4.69, 9.17) is 11.6 Å². The summed E-state index contributed by atoms with van der Waals surface area (Å²) in [6.07, 6.45) is 3.50. The van der Waals surface area contributed by atoms with Gasteiger partial charge in [0.1, 0.15) is 6.04 Å². The van der Waals surface area contributed by atoms with Gasteiger partial charge in [-0.3, -0.25) is 9.69 Å². The van der Waals surface area contributed by atoms with E-state index in [1.165, 1.54) is 4.90 Å². The first kappa shape index (κ1) is 13.4. The smallest absolute Gasteiger partial charge is 0.259 e. The minimum atomic E-state index is -0.616. The molecule has 2 aromatic carbocycles. The third-order valence-corrected chi connectivity index (χ3v) is 3.68. The van der Waals surface area contributed by atoms with Crippen molar-refractivity contribution in [3.8, 4) is 6.07 Å². The molecule has 0 unspecified atom stereocenters. The minimum Gasteiger partial charge on any atom is -0.294 e. The van der Waals surface area contributed by atoms with Gasteiger partial charge in [-0.2, -0.15) is 5.26 Å². The van der Waals surface area contributed by atoms with E-state index >= 15 is 0 Å². The molecule has 2 aromatic rings. The Bertz CT molecular complexity index is 759. The first-order chi connectivity index (χ1) is 10.2. The van der Waals surface area contributed by atoms with E-state index in [1.54, 1.807) is 30.5 Å². The van der Waals surface area contributed by atoms with E-state index in [1.807, 2.05) is 30.3 Å². The Morgan fingerprint density at radius 3 is 2.57 bits per heavy atom. The van der Waals surface area contributed by atoms with Crippen LogP contribution in [0, 0.1) is 11.3 Å². The molecule has 1 amide bonds. The molecule has 0 fully saturated rings. The number of fused-ring (bicyclic) bond motifs is 1. The molecule has 1 atom stereocenters. The summed E-state index contributed by atoms with van der Waals surface area (Å²) in [7, 11) is 0. The topological polar surface area (TPSA) is 44.1 Å². The molecule has 0 aromatic heterocycles.